The second kappa shape index (κ2) is 1.60. The SMILES string of the molecule is O=S1(=O)Cc2cnoc2C1. The number of aromatic nitrogens is 1. The average Bonchev–Trinajstić information content (AvgIpc) is 2.20. The molecule has 4 nitrogen and oxygen atoms in total. The van der Waals surface area contributed by atoms with E-state index in [0.29, 0.717) is 11.3 Å². The summed E-state index contributed by atoms with van der Waals surface area (Å²) in [6.07, 6.45) is 1.46. The van der Waals surface area contributed by atoms with Crippen molar-refractivity contribution < 1.29 is 12.9 Å². The van der Waals surface area contributed by atoms with Gasteiger partial charge in [0.1, 0.15) is 5.75 Å². The number of sulfone groups is 1. The fourth-order valence-corrected chi connectivity index (χ4v) is 2.46. The van der Waals surface area contributed by atoms with E-state index in [9.17, 15) is 8.42 Å². The first-order valence-corrected chi connectivity index (χ1v) is 4.62. The molecule has 1 aromatic heterocycles. The molecule has 0 fully saturated rings. The van der Waals surface area contributed by atoms with E-state index in [1.54, 1.807) is 0 Å². The van der Waals surface area contributed by atoms with Crippen LogP contribution in [-0.4, -0.2) is 13.6 Å². The van der Waals surface area contributed by atoms with Crippen LogP contribution in [0.1, 0.15) is 11.3 Å². The van der Waals surface area contributed by atoms with Gasteiger partial charge in [-0.2, -0.15) is 0 Å². The van der Waals surface area contributed by atoms with Gasteiger partial charge in [-0.3, -0.25) is 0 Å². The molecule has 10 heavy (non-hydrogen) atoms. The summed E-state index contributed by atoms with van der Waals surface area (Å²) in [6, 6.07) is 0. The Hall–Kier alpha value is -0.840. The third-order valence-electron chi connectivity index (χ3n) is 1.46. The molecule has 1 aliphatic rings. The zero-order valence-electron chi connectivity index (χ0n) is 5.07. The van der Waals surface area contributed by atoms with Crippen LogP contribution in [0.15, 0.2) is 10.7 Å². The van der Waals surface area contributed by atoms with Gasteiger partial charge >= 0.3 is 0 Å². The molecule has 0 N–H and O–H groups in total. The lowest BCUT2D eigenvalue weighted by Gasteiger charge is -1.84. The number of hydrogen-bond donors (Lipinski definition) is 0. The summed E-state index contributed by atoms with van der Waals surface area (Å²) in [4.78, 5) is 0. The Morgan fingerprint density at radius 2 is 2.30 bits per heavy atom. The maximum absolute atomic E-state index is 10.9. The van der Waals surface area contributed by atoms with Gasteiger partial charge in [0.15, 0.2) is 15.6 Å². The van der Waals surface area contributed by atoms with E-state index in [0.717, 1.165) is 0 Å². The van der Waals surface area contributed by atoms with E-state index in [1.807, 2.05) is 0 Å². The lowest BCUT2D eigenvalue weighted by molar-refractivity contribution is 0.393. The molecule has 0 atom stereocenters. The second-order valence-corrected chi connectivity index (χ2v) is 4.37. The van der Waals surface area contributed by atoms with Crippen molar-refractivity contribution in [2.45, 2.75) is 11.5 Å². The predicted molar refractivity (Wildman–Crippen MR) is 32.8 cm³/mol. The fourth-order valence-electron chi connectivity index (χ4n) is 1.01. The van der Waals surface area contributed by atoms with Gasteiger partial charge in [-0.25, -0.2) is 8.42 Å². The van der Waals surface area contributed by atoms with Crippen molar-refractivity contribution in [3.05, 3.63) is 17.5 Å². The number of rotatable bonds is 0. The van der Waals surface area contributed by atoms with Crippen molar-refractivity contribution in [1.29, 1.82) is 0 Å². The summed E-state index contributed by atoms with van der Waals surface area (Å²) < 4.78 is 26.4. The molecule has 0 aromatic carbocycles. The molecule has 0 radical (unpaired) electrons. The highest BCUT2D eigenvalue weighted by molar-refractivity contribution is 7.90. The second-order valence-electron chi connectivity index (χ2n) is 2.31. The minimum atomic E-state index is -2.90. The molecule has 0 bridgehead atoms. The largest absolute Gasteiger partial charge is 0.360 e. The van der Waals surface area contributed by atoms with Crippen molar-refractivity contribution in [2.24, 2.45) is 0 Å². The molecular formula is C5H5NO3S. The Bertz CT molecular complexity index is 324. The Kier molecular flexibility index (Phi) is 0.947. The molecule has 54 valence electrons. The molecule has 1 aromatic rings. The van der Waals surface area contributed by atoms with Crippen LogP contribution >= 0.6 is 0 Å². The molecular weight excluding hydrogens is 154 g/mol. The third kappa shape index (κ3) is 0.740. The molecule has 0 saturated carbocycles. The molecule has 0 aliphatic carbocycles. The number of hydrogen-bond acceptors (Lipinski definition) is 4. The van der Waals surface area contributed by atoms with Gasteiger partial charge in [0.25, 0.3) is 0 Å². The van der Waals surface area contributed by atoms with Crippen molar-refractivity contribution in [1.82, 2.24) is 5.16 Å². The molecule has 2 heterocycles. The van der Waals surface area contributed by atoms with Crippen LogP contribution in [0.4, 0.5) is 0 Å². The summed E-state index contributed by atoms with van der Waals surface area (Å²) in [6.45, 7) is 0. The third-order valence-corrected chi connectivity index (χ3v) is 2.91. The van der Waals surface area contributed by atoms with Gasteiger partial charge in [-0.05, 0) is 0 Å². The van der Waals surface area contributed by atoms with Crippen LogP contribution in [0.5, 0.6) is 0 Å². The maximum Gasteiger partial charge on any atom is 0.162 e. The fraction of sp³-hybridized carbons (Fsp3) is 0.400. The first kappa shape index (κ1) is 5.91. The average molecular weight is 159 g/mol. The summed E-state index contributed by atoms with van der Waals surface area (Å²) in [5, 5.41) is 3.47. The summed E-state index contributed by atoms with van der Waals surface area (Å²) in [5.41, 5.74) is 0.708. The van der Waals surface area contributed by atoms with Crippen molar-refractivity contribution in [3.63, 3.8) is 0 Å². The molecule has 0 saturated heterocycles. The van der Waals surface area contributed by atoms with Gasteiger partial charge < -0.3 is 4.52 Å². The van der Waals surface area contributed by atoms with Crippen LogP contribution in [0, 0.1) is 0 Å². The highest BCUT2D eigenvalue weighted by Crippen LogP contribution is 2.23. The van der Waals surface area contributed by atoms with Crippen molar-refractivity contribution in [3.8, 4) is 0 Å². The highest BCUT2D eigenvalue weighted by Gasteiger charge is 2.28. The quantitative estimate of drug-likeness (QED) is 0.538. The Balaban J connectivity index is 2.56. The van der Waals surface area contributed by atoms with Gasteiger partial charge in [-0.1, -0.05) is 5.16 Å². The number of fused-ring (bicyclic) bond motifs is 1. The van der Waals surface area contributed by atoms with Gasteiger partial charge in [-0.15, -0.1) is 0 Å². The zero-order chi connectivity index (χ0) is 7.19. The van der Waals surface area contributed by atoms with E-state index < -0.39 is 9.84 Å². The van der Waals surface area contributed by atoms with E-state index >= 15 is 0 Å². The molecule has 0 amide bonds. The van der Waals surface area contributed by atoms with Gasteiger partial charge in [0, 0.05) is 5.56 Å². The number of nitrogens with zero attached hydrogens (tertiary/aromatic N) is 1. The smallest absolute Gasteiger partial charge is 0.162 e. The molecule has 2 rings (SSSR count). The Morgan fingerprint density at radius 1 is 1.50 bits per heavy atom. The summed E-state index contributed by atoms with van der Waals surface area (Å²) in [5.74, 6) is 0.605. The molecule has 1 aliphatic heterocycles. The van der Waals surface area contributed by atoms with E-state index in [-0.39, 0.29) is 11.5 Å². The van der Waals surface area contributed by atoms with Crippen molar-refractivity contribution in [2.75, 3.05) is 0 Å². The molecule has 5 heteroatoms. The maximum atomic E-state index is 10.9. The van der Waals surface area contributed by atoms with Crippen LogP contribution < -0.4 is 0 Å². The van der Waals surface area contributed by atoms with E-state index in [1.165, 1.54) is 6.20 Å². The standard InChI is InChI=1S/C5H5NO3S/c7-10(8)2-4-1-6-9-5(4)3-10/h1H,2-3H2. The van der Waals surface area contributed by atoms with E-state index in [4.69, 9.17) is 0 Å². The van der Waals surface area contributed by atoms with Gasteiger partial charge in [0.05, 0.1) is 11.9 Å². The molecule has 0 unspecified atom stereocenters. The lowest BCUT2D eigenvalue weighted by atomic mass is 10.3. The minimum absolute atomic E-state index is 0.0162. The summed E-state index contributed by atoms with van der Waals surface area (Å²) >= 11 is 0. The summed E-state index contributed by atoms with van der Waals surface area (Å²) in [7, 11) is -2.90. The zero-order valence-corrected chi connectivity index (χ0v) is 5.89. The van der Waals surface area contributed by atoms with Gasteiger partial charge in [0.2, 0.25) is 0 Å². The minimum Gasteiger partial charge on any atom is -0.360 e. The van der Waals surface area contributed by atoms with Crippen molar-refractivity contribution >= 4 is 9.84 Å². The molecule has 0 spiro atoms. The van der Waals surface area contributed by atoms with Crippen LogP contribution in [0.25, 0.3) is 0 Å². The predicted octanol–water partition coefficient (Wildman–Crippen LogP) is 0.103. The van der Waals surface area contributed by atoms with E-state index in [2.05, 4.69) is 9.68 Å². The topological polar surface area (TPSA) is 60.2 Å². The van der Waals surface area contributed by atoms with Crippen LogP contribution in [0.3, 0.4) is 0 Å². The Morgan fingerprint density at radius 3 is 3.00 bits per heavy atom. The van der Waals surface area contributed by atoms with Crippen LogP contribution in [0.2, 0.25) is 0 Å². The highest BCUT2D eigenvalue weighted by atomic mass is 32.2. The lowest BCUT2D eigenvalue weighted by Crippen LogP contribution is -1.96. The normalized spacial score (nSPS) is 20.8. The van der Waals surface area contributed by atoms with Crippen LogP contribution in [-0.2, 0) is 21.3 Å². The first-order chi connectivity index (χ1) is 4.67. The Labute approximate surface area is 57.7 Å². The first-order valence-electron chi connectivity index (χ1n) is 2.80. The monoisotopic (exact) mass is 159 g/mol.